The van der Waals surface area contributed by atoms with E-state index in [1.54, 1.807) is 16.7 Å². The molecular weight excluding hydrogens is 478 g/mol. The summed E-state index contributed by atoms with van der Waals surface area (Å²) in [6, 6.07) is 9.65. The highest BCUT2D eigenvalue weighted by molar-refractivity contribution is 7.99. The highest BCUT2D eigenvalue weighted by atomic mass is 32.2. The zero-order valence-electron chi connectivity index (χ0n) is 21.4. The summed E-state index contributed by atoms with van der Waals surface area (Å²) in [5, 5.41) is 3.06. The summed E-state index contributed by atoms with van der Waals surface area (Å²) in [4.78, 5) is 47.6. The van der Waals surface area contributed by atoms with Gasteiger partial charge in [0.15, 0.2) is 0 Å². The number of hydrogen-bond donors (Lipinski definition) is 1. The molecule has 1 N–H and O–H groups in total. The van der Waals surface area contributed by atoms with Crippen LogP contribution in [0.25, 0.3) is 0 Å². The van der Waals surface area contributed by atoms with Crippen molar-refractivity contribution in [3.05, 3.63) is 30.3 Å². The molecule has 36 heavy (non-hydrogen) atoms. The van der Waals surface area contributed by atoms with Crippen molar-refractivity contribution in [1.82, 2.24) is 20.0 Å². The van der Waals surface area contributed by atoms with Crippen LogP contribution in [0.2, 0.25) is 0 Å². The number of para-hydroxylation sites is 1. The monoisotopic (exact) mass is 515 g/mol. The van der Waals surface area contributed by atoms with Crippen LogP contribution < -0.4 is 10.2 Å². The van der Waals surface area contributed by atoms with Crippen molar-refractivity contribution in [2.24, 2.45) is 0 Å². The van der Waals surface area contributed by atoms with Gasteiger partial charge in [0.05, 0.1) is 12.5 Å². The van der Waals surface area contributed by atoms with Crippen LogP contribution in [0.15, 0.2) is 30.3 Å². The summed E-state index contributed by atoms with van der Waals surface area (Å²) in [6.07, 6.45) is 1.59. The number of ether oxygens (including phenoxy) is 1. The van der Waals surface area contributed by atoms with Crippen molar-refractivity contribution < 1.29 is 19.1 Å². The minimum atomic E-state index is -0.625. The quantitative estimate of drug-likeness (QED) is 0.661. The Kier molecular flexibility index (Phi) is 6.84. The molecule has 1 spiro atoms. The zero-order valence-corrected chi connectivity index (χ0v) is 22.3. The third kappa shape index (κ3) is 4.77. The highest BCUT2D eigenvalue weighted by Gasteiger charge is 2.52. The number of nitrogens with zero attached hydrogens (tertiary/aromatic N) is 4. The smallest absolute Gasteiger partial charge is 0.411 e. The van der Waals surface area contributed by atoms with Gasteiger partial charge in [0.1, 0.15) is 17.2 Å². The topological polar surface area (TPSA) is 85.4 Å². The molecule has 4 fully saturated rings. The van der Waals surface area contributed by atoms with E-state index in [4.69, 9.17) is 4.74 Å². The summed E-state index contributed by atoms with van der Waals surface area (Å²) in [5.41, 5.74) is -0.125. The highest BCUT2D eigenvalue weighted by Crippen LogP contribution is 2.38. The number of carbonyl (C=O) groups is 3. The second-order valence-corrected chi connectivity index (χ2v) is 12.2. The van der Waals surface area contributed by atoms with Gasteiger partial charge >= 0.3 is 6.09 Å². The number of nitrogens with one attached hydrogen (secondary N) is 1. The third-order valence-corrected chi connectivity index (χ3v) is 8.77. The summed E-state index contributed by atoms with van der Waals surface area (Å²) in [7, 11) is 0. The predicted molar refractivity (Wildman–Crippen MR) is 140 cm³/mol. The molecule has 0 unspecified atom stereocenters. The van der Waals surface area contributed by atoms with Gasteiger partial charge in [-0.25, -0.2) is 4.79 Å². The van der Waals surface area contributed by atoms with Crippen molar-refractivity contribution in [2.75, 3.05) is 49.4 Å². The molecule has 0 bridgehead atoms. The molecule has 4 saturated heterocycles. The van der Waals surface area contributed by atoms with Gasteiger partial charge in [-0.3, -0.25) is 19.4 Å². The Balaban J connectivity index is 1.30. The van der Waals surface area contributed by atoms with Gasteiger partial charge in [-0.15, -0.1) is 11.8 Å². The third-order valence-electron chi connectivity index (χ3n) is 7.80. The maximum Gasteiger partial charge on any atom is 0.411 e. The molecule has 0 saturated carbocycles. The van der Waals surface area contributed by atoms with Crippen molar-refractivity contribution in [3.8, 4) is 0 Å². The van der Waals surface area contributed by atoms with E-state index in [1.807, 2.05) is 43.9 Å². The Morgan fingerprint density at radius 3 is 2.47 bits per heavy atom. The standard InChI is InChI=1S/C26H37N5O4S/c1-25(2,3)35-24(34)30-16-20(15-21(30)22(32)29-13-14-36-18-29)28-11-9-26(10-12-28)23(33)27-17-31(26)19-7-5-4-6-8-19/h4-8,20-21H,9-18H2,1-3H3,(H,27,33)/t20-,21-/m0/s1. The minimum absolute atomic E-state index is 0.0206. The Hall–Kier alpha value is -2.46. The second kappa shape index (κ2) is 9.78. The lowest BCUT2D eigenvalue weighted by Crippen LogP contribution is -2.58. The molecule has 10 heteroatoms. The van der Waals surface area contributed by atoms with Crippen molar-refractivity contribution in [1.29, 1.82) is 0 Å². The first-order valence-corrected chi connectivity index (χ1v) is 14.0. The number of benzene rings is 1. The van der Waals surface area contributed by atoms with Crippen LogP contribution in [-0.2, 0) is 14.3 Å². The number of hydrogen-bond acceptors (Lipinski definition) is 7. The molecule has 1 aromatic carbocycles. The maximum atomic E-state index is 13.4. The van der Waals surface area contributed by atoms with Gasteiger partial charge in [-0.1, -0.05) is 18.2 Å². The molecule has 196 valence electrons. The molecule has 4 aliphatic heterocycles. The lowest BCUT2D eigenvalue weighted by atomic mass is 9.85. The van der Waals surface area contributed by atoms with Crippen LogP contribution >= 0.6 is 11.8 Å². The summed E-state index contributed by atoms with van der Waals surface area (Å²) >= 11 is 1.74. The normalized spacial score (nSPS) is 26.5. The maximum absolute atomic E-state index is 13.4. The van der Waals surface area contributed by atoms with E-state index in [0.29, 0.717) is 38.4 Å². The number of anilines is 1. The summed E-state index contributed by atoms with van der Waals surface area (Å²) < 4.78 is 5.69. The van der Waals surface area contributed by atoms with E-state index in [-0.39, 0.29) is 17.9 Å². The lowest BCUT2D eigenvalue weighted by Gasteiger charge is -2.45. The van der Waals surface area contributed by atoms with Crippen molar-refractivity contribution in [3.63, 3.8) is 0 Å². The molecule has 0 radical (unpaired) electrons. The van der Waals surface area contributed by atoms with Crippen LogP contribution in [0, 0.1) is 0 Å². The van der Waals surface area contributed by atoms with Gasteiger partial charge in [0, 0.05) is 43.7 Å². The molecule has 3 amide bonds. The molecule has 9 nitrogen and oxygen atoms in total. The molecule has 2 atom stereocenters. The Bertz CT molecular complexity index is 986. The Morgan fingerprint density at radius 2 is 1.83 bits per heavy atom. The molecule has 4 aliphatic rings. The molecule has 0 aromatic heterocycles. The van der Waals surface area contributed by atoms with E-state index in [9.17, 15) is 14.4 Å². The molecule has 0 aliphatic carbocycles. The number of amides is 3. The summed E-state index contributed by atoms with van der Waals surface area (Å²) in [6.45, 7) is 8.74. The van der Waals surface area contributed by atoms with Gasteiger partial charge in [0.25, 0.3) is 0 Å². The van der Waals surface area contributed by atoms with E-state index < -0.39 is 23.3 Å². The van der Waals surface area contributed by atoms with Crippen molar-refractivity contribution in [2.45, 2.75) is 63.3 Å². The van der Waals surface area contributed by atoms with Gasteiger partial charge in [0.2, 0.25) is 11.8 Å². The van der Waals surface area contributed by atoms with Gasteiger partial charge in [-0.2, -0.15) is 0 Å². The van der Waals surface area contributed by atoms with Gasteiger partial charge < -0.3 is 19.9 Å². The fraction of sp³-hybridized carbons (Fsp3) is 0.654. The fourth-order valence-electron chi connectivity index (χ4n) is 5.93. The molecular formula is C26H37N5O4S. The van der Waals surface area contributed by atoms with Crippen LogP contribution in [0.5, 0.6) is 0 Å². The van der Waals surface area contributed by atoms with E-state index in [0.717, 1.165) is 31.1 Å². The van der Waals surface area contributed by atoms with E-state index in [1.165, 1.54) is 0 Å². The van der Waals surface area contributed by atoms with Crippen LogP contribution in [0.1, 0.15) is 40.0 Å². The lowest BCUT2D eigenvalue weighted by molar-refractivity contribution is -0.134. The van der Waals surface area contributed by atoms with E-state index >= 15 is 0 Å². The number of likely N-dealkylation sites (tertiary alicyclic amines) is 2. The number of rotatable bonds is 3. The molecule has 1 aromatic rings. The van der Waals surface area contributed by atoms with Crippen LogP contribution in [0.4, 0.5) is 10.5 Å². The Morgan fingerprint density at radius 1 is 1.11 bits per heavy atom. The molecule has 5 rings (SSSR count). The molecule has 4 heterocycles. The fourth-order valence-corrected chi connectivity index (χ4v) is 6.88. The first-order chi connectivity index (χ1) is 17.2. The largest absolute Gasteiger partial charge is 0.444 e. The predicted octanol–water partition coefficient (Wildman–Crippen LogP) is 2.33. The average molecular weight is 516 g/mol. The second-order valence-electron chi connectivity index (χ2n) is 11.2. The van der Waals surface area contributed by atoms with E-state index in [2.05, 4.69) is 27.2 Å². The number of carbonyl (C=O) groups excluding carboxylic acids is 3. The van der Waals surface area contributed by atoms with Crippen LogP contribution in [0.3, 0.4) is 0 Å². The summed E-state index contributed by atoms with van der Waals surface area (Å²) in [5.74, 6) is 1.72. The van der Waals surface area contributed by atoms with Crippen molar-refractivity contribution >= 4 is 35.4 Å². The number of piperidine rings is 1. The number of thioether (sulfide) groups is 1. The average Bonchev–Trinajstić information content (AvgIpc) is 3.59. The Labute approximate surface area is 217 Å². The van der Waals surface area contributed by atoms with Crippen LogP contribution in [-0.4, -0.2) is 100 Å². The van der Waals surface area contributed by atoms with Gasteiger partial charge in [-0.05, 0) is 52.2 Å². The first kappa shape index (κ1) is 25.2. The SMILES string of the molecule is CC(C)(C)OC(=O)N1C[C@@H](N2CCC3(CC2)C(=O)NCN3c2ccccc2)C[C@H]1C(=O)N1CCSC1. The minimum Gasteiger partial charge on any atom is -0.444 e. The zero-order chi connectivity index (χ0) is 25.5. The first-order valence-electron chi connectivity index (χ1n) is 12.9.